The van der Waals surface area contributed by atoms with Gasteiger partial charge in [0.05, 0.1) is 7.11 Å². The van der Waals surface area contributed by atoms with Gasteiger partial charge in [0.15, 0.2) is 0 Å². The van der Waals surface area contributed by atoms with Crippen LogP contribution in [0.4, 0.5) is 0 Å². The molecule has 4 heteroatoms. The fourth-order valence-corrected chi connectivity index (χ4v) is 2.17. The summed E-state index contributed by atoms with van der Waals surface area (Å²) in [6.07, 6.45) is 5.86. The first-order valence-electron chi connectivity index (χ1n) is 7.80. The summed E-state index contributed by atoms with van der Waals surface area (Å²) in [6.45, 7) is 7.60. The van der Waals surface area contributed by atoms with E-state index in [2.05, 4.69) is 23.5 Å². The molecule has 2 aromatic rings. The molecular formula is C20H22N2O2. The fraction of sp³-hybridized carbons (Fsp3) is 0.200. The molecule has 0 atom stereocenters. The summed E-state index contributed by atoms with van der Waals surface area (Å²) in [4.78, 5) is 8.47. The first-order valence-corrected chi connectivity index (χ1v) is 7.80. The Kier molecular flexibility index (Phi) is 6.32. The van der Waals surface area contributed by atoms with Crippen LogP contribution in [0.15, 0.2) is 66.1 Å². The van der Waals surface area contributed by atoms with Gasteiger partial charge in [-0.15, -0.1) is 0 Å². The minimum atomic E-state index is 0.503. The molecule has 1 aromatic heterocycles. The normalized spacial score (nSPS) is 12.0. The monoisotopic (exact) mass is 322 g/mol. The van der Waals surface area contributed by atoms with Gasteiger partial charge in [0.2, 0.25) is 5.88 Å². The molecular weight excluding hydrogens is 300 g/mol. The molecule has 0 bridgehead atoms. The maximum absolute atomic E-state index is 5.98. The fourth-order valence-electron chi connectivity index (χ4n) is 2.17. The highest BCUT2D eigenvalue weighted by atomic mass is 16.5. The van der Waals surface area contributed by atoms with Crippen molar-refractivity contribution in [3.05, 3.63) is 72.3 Å². The Hall–Kier alpha value is -2.88. The lowest BCUT2D eigenvalue weighted by Gasteiger charge is -2.12. The van der Waals surface area contributed by atoms with Crippen molar-refractivity contribution in [1.29, 1.82) is 0 Å². The van der Waals surface area contributed by atoms with Crippen molar-refractivity contribution in [1.82, 2.24) is 4.98 Å². The van der Waals surface area contributed by atoms with Crippen molar-refractivity contribution < 1.29 is 9.47 Å². The zero-order valence-corrected chi connectivity index (χ0v) is 14.3. The first-order chi connectivity index (χ1) is 11.7. The second-order valence-electron chi connectivity index (χ2n) is 5.09. The van der Waals surface area contributed by atoms with Gasteiger partial charge in [-0.1, -0.05) is 25.6 Å². The quantitative estimate of drug-likeness (QED) is 0.530. The van der Waals surface area contributed by atoms with Crippen LogP contribution in [0.3, 0.4) is 0 Å². The molecule has 124 valence electrons. The number of methoxy groups -OCH3 is 1. The highest BCUT2D eigenvalue weighted by Crippen LogP contribution is 2.29. The average Bonchev–Trinajstić information content (AvgIpc) is 2.63. The van der Waals surface area contributed by atoms with E-state index < -0.39 is 0 Å². The van der Waals surface area contributed by atoms with Crippen LogP contribution in [0.5, 0.6) is 11.6 Å². The number of aliphatic imine (C=N–C) groups is 1. The summed E-state index contributed by atoms with van der Waals surface area (Å²) < 4.78 is 11.3. The summed E-state index contributed by atoms with van der Waals surface area (Å²) in [5.74, 6) is 1.96. The van der Waals surface area contributed by atoms with E-state index in [1.807, 2.05) is 43.3 Å². The van der Waals surface area contributed by atoms with Crippen LogP contribution in [0, 0.1) is 0 Å². The number of hydrogen-bond acceptors (Lipinski definition) is 4. The van der Waals surface area contributed by atoms with Crippen molar-refractivity contribution in [3.63, 3.8) is 0 Å². The van der Waals surface area contributed by atoms with Crippen molar-refractivity contribution >= 4 is 11.8 Å². The van der Waals surface area contributed by atoms with E-state index in [0.29, 0.717) is 5.88 Å². The van der Waals surface area contributed by atoms with Gasteiger partial charge in [-0.25, -0.2) is 4.98 Å². The maximum atomic E-state index is 5.98. The Morgan fingerprint density at radius 3 is 2.62 bits per heavy atom. The number of aromatic nitrogens is 1. The maximum Gasteiger partial charge on any atom is 0.227 e. The van der Waals surface area contributed by atoms with Crippen LogP contribution >= 0.6 is 0 Å². The molecule has 0 radical (unpaired) electrons. The summed E-state index contributed by atoms with van der Waals surface area (Å²) in [5.41, 5.74) is 2.87. The SMILES string of the molecule is C=C/N=C\C(=C(/C)OC)c1cccnc1Oc1ccc(CC)cc1. The van der Waals surface area contributed by atoms with Crippen LogP contribution in [-0.2, 0) is 11.2 Å². The van der Waals surface area contributed by atoms with Gasteiger partial charge in [-0.05, 0) is 43.2 Å². The third-order valence-corrected chi connectivity index (χ3v) is 3.60. The molecule has 0 aliphatic heterocycles. The number of nitrogens with zero attached hydrogens (tertiary/aromatic N) is 2. The number of benzene rings is 1. The third-order valence-electron chi connectivity index (χ3n) is 3.60. The Morgan fingerprint density at radius 2 is 2.00 bits per heavy atom. The highest BCUT2D eigenvalue weighted by Gasteiger charge is 2.13. The van der Waals surface area contributed by atoms with Gasteiger partial charge in [0.25, 0.3) is 0 Å². The van der Waals surface area contributed by atoms with Gasteiger partial charge >= 0.3 is 0 Å². The second kappa shape index (κ2) is 8.67. The van der Waals surface area contributed by atoms with E-state index >= 15 is 0 Å². The number of pyridine rings is 1. The smallest absolute Gasteiger partial charge is 0.227 e. The Labute approximate surface area is 143 Å². The lowest BCUT2D eigenvalue weighted by atomic mass is 10.1. The van der Waals surface area contributed by atoms with Crippen molar-refractivity contribution in [3.8, 4) is 11.6 Å². The molecule has 0 saturated carbocycles. The van der Waals surface area contributed by atoms with Crippen LogP contribution in [-0.4, -0.2) is 18.3 Å². The summed E-state index contributed by atoms with van der Waals surface area (Å²) >= 11 is 0. The molecule has 2 rings (SSSR count). The Bertz CT molecular complexity index is 746. The Balaban J connectivity index is 2.41. The molecule has 0 spiro atoms. The van der Waals surface area contributed by atoms with Crippen LogP contribution in [0.1, 0.15) is 25.0 Å². The minimum Gasteiger partial charge on any atom is -0.501 e. The molecule has 4 nitrogen and oxygen atoms in total. The lowest BCUT2D eigenvalue weighted by molar-refractivity contribution is 0.296. The minimum absolute atomic E-state index is 0.503. The molecule has 24 heavy (non-hydrogen) atoms. The van der Waals surface area contributed by atoms with Gasteiger partial charge < -0.3 is 9.47 Å². The zero-order chi connectivity index (χ0) is 17.4. The molecule has 0 N–H and O–H groups in total. The molecule has 0 aliphatic carbocycles. The number of allylic oxidation sites excluding steroid dienone is 2. The number of aryl methyl sites for hydroxylation is 1. The zero-order valence-electron chi connectivity index (χ0n) is 14.3. The third kappa shape index (κ3) is 4.32. The molecule has 0 aliphatic rings. The molecule has 0 unspecified atom stereocenters. The van der Waals surface area contributed by atoms with E-state index in [-0.39, 0.29) is 0 Å². The number of rotatable bonds is 7. The standard InChI is InChI=1S/C20H22N2O2/c1-5-16-9-11-17(12-10-16)24-20-18(8-7-13-22-20)19(14-21-6-2)15(3)23-4/h6-14H,2,5H2,1,3-4H3/b19-15-,21-14-. The van der Waals surface area contributed by atoms with Crippen LogP contribution in [0.2, 0.25) is 0 Å². The van der Waals surface area contributed by atoms with E-state index in [9.17, 15) is 0 Å². The van der Waals surface area contributed by atoms with E-state index in [0.717, 1.165) is 29.1 Å². The average molecular weight is 322 g/mol. The van der Waals surface area contributed by atoms with Crippen molar-refractivity contribution in [2.24, 2.45) is 4.99 Å². The lowest BCUT2D eigenvalue weighted by Crippen LogP contribution is -1.98. The molecule has 0 amide bonds. The molecule has 0 saturated heterocycles. The summed E-state index contributed by atoms with van der Waals surface area (Å²) in [6, 6.07) is 11.8. The summed E-state index contributed by atoms with van der Waals surface area (Å²) in [5, 5.41) is 0. The topological polar surface area (TPSA) is 43.7 Å². The van der Waals surface area contributed by atoms with Crippen molar-refractivity contribution in [2.75, 3.05) is 7.11 Å². The largest absolute Gasteiger partial charge is 0.501 e. The number of hydrogen-bond donors (Lipinski definition) is 0. The first kappa shape index (κ1) is 17.5. The molecule has 0 fully saturated rings. The van der Waals surface area contributed by atoms with E-state index in [1.165, 1.54) is 11.8 Å². The van der Waals surface area contributed by atoms with E-state index in [1.54, 1.807) is 19.5 Å². The van der Waals surface area contributed by atoms with Crippen molar-refractivity contribution in [2.45, 2.75) is 20.3 Å². The van der Waals surface area contributed by atoms with Gasteiger partial charge in [-0.3, -0.25) is 4.99 Å². The van der Waals surface area contributed by atoms with Crippen LogP contribution in [0.25, 0.3) is 5.57 Å². The molecule has 1 aromatic carbocycles. The predicted molar refractivity (Wildman–Crippen MR) is 98.4 cm³/mol. The highest BCUT2D eigenvalue weighted by molar-refractivity contribution is 6.11. The predicted octanol–water partition coefficient (Wildman–Crippen LogP) is 5.03. The summed E-state index contributed by atoms with van der Waals surface area (Å²) in [7, 11) is 1.62. The molecule has 1 heterocycles. The van der Waals surface area contributed by atoms with Gasteiger partial charge in [0, 0.05) is 29.7 Å². The van der Waals surface area contributed by atoms with Gasteiger partial charge in [0.1, 0.15) is 11.5 Å². The van der Waals surface area contributed by atoms with E-state index in [4.69, 9.17) is 9.47 Å². The second-order valence-corrected chi connectivity index (χ2v) is 5.09. The van der Waals surface area contributed by atoms with Gasteiger partial charge in [-0.2, -0.15) is 0 Å². The Morgan fingerprint density at radius 1 is 1.25 bits per heavy atom. The van der Waals surface area contributed by atoms with Crippen LogP contribution < -0.4 is 4.74 Å². The number of ether oxygens (including phenoxy) is 2.